The molecule has 1 saturated heterocycles. The van der Waals surface area contributed by atoms with E-state index in [4.69, 9.17) is 9.47 Å². The second kappa shape index (κ2) is 10.4. The molecule has 2 aliphatic heterocycles. The lowest BCUT2D eigenvalue weighted by atomic mass is 9.94. The fourth-order valence-electron chi connectivity index (χ4n) is 4.23. The van der Waals surface area contributed by atoms with Gasteiger partial charge in [0.25, 0.3) is 0 Å². The lowest BCUT2D eigenvalue weighted by Gasteiger charge is -2.37. The Bertz CT molecular complexity index is 1020. The molecule has 0 aliphatic carbocycles. The summed E-state index contributed by atoms with van der Waals surface area (Å²) in [4.78, 5) is 34.3. The number of esters is 1. The van der Waals surface area contributed by atoms with Gasteiger partial charge in [0.1, 0.15) is 11.6 Å². The molecule has 33 heavy (non-hydrogen) atoms. The van der Waals surface area contributed by atoms with E-state index < -0.39 is 12.0 Å². The van der Waals surface area contributed by atoms with Gasteiger partial charge in [-0.15, -0.1) is 0 Å². The number of carbonyl (C=O) groups is 2. The largest absolute Gasteiger partial charge is 0.494 e. The molecule has 0 spiro atoms. The summed E-state index contributed by atoms with van der Waals surface area (Å²) in [5.41, 5.74) is 1.65. The number of aromatic nitrogens is 1. The molecule has 1 aromatic carbocycles. The zero-order chi connectivity index (χ0) is 23.2. The van der Waals surface area contributed by atoms with Gasteiger partial charge >= 0.3 is 12.0 Å². The predicted octanol–water partition coefficient (Wildman–Crippen LogP) is 2.08. The second-order valence-electron chi connectivity index (χ2n) is 7.84. The fraction of sp³-hybridized carbons (Fsp3) is 0.375. The molecule has 2 aromatic rings. The zero-order valence-electron chi connectivity index (χ0n) is 18.9. The molecule has 2 aliphatic rings. The van der Waals surface area contributed by atoms with Gasteiger partial charge in [0, 0.05) is 50.2 Å². The van der Waals surface area contributed by atoms with Crippen LogP contribution in [0.3, 0.4) is 0 Å². The highest BCUT2D eigenvalue weighted by molar-refractivity contribution is 5.95. The molecule has 2 N–H and O–H groups in total. The van der Waals surface area contributed by atoms with E-state index >= 15 is 0 Å². The van der Waals surface area contributed by atoms with E-state index in [-0.39, 0.29) is 6.03 Å². The number of methoxy groups -OCH3 is 1. The minimum absolute atomic E-state index is 0.360. The molecule has 1 fully saturated rings. The average Bonchev–Trinajstić information content (AvgIpc) is 2.85. The van der Waals surface area contributed by atoms with Gasteiger partial charge in [-0.25, -0.2) is 14.6 Å². The topological polar surface area (TPSA) is 96.0 Å². The third kappa shape index (κ3) is 5.09. The van der Waals surface area contributed by atoms with Gasteiger partial charge in [-0.2, -0.15) is 0 Å². The molecule has 0 bridgehead atoms. The number of anilines is 1. The number of para-hydroxylation sites is 1. The van der Waals surface area contributed by atoms with Crippen molar-refractivity contribution in [3.8, 4) is 5.75 Å². The summed E-state index contributed by atoms with van der Waals surface area (Å²) in [5, 5.41) is 5.71. The molecule has 1 atom stereocenters. The first-order valence-electron chi connectivity index (χ1n) is 11.1. The number of ether oxygens (including phenoxy) is 2. The second-order valence-corrected chi connectivity index (χ2v) is 7.84. The Hall–Kier alpha value is -3.59. The molecule has 0 radical (unpaired) electrons. The van der Waals surface area contributed by atoms with Gasteiger partial charge < -0.3 is 25.0 Å². The van der Waals surface area contributed by atoms with Crippen molar-refractivity contribution in [3.05, 3.63) is 65.5 Å². The first kappa shape index (κ1) is 22.6. The summed E-state index contributed by atoms with van der Waals surface area (Å²) in [6, 6.07) is 12.3. The van der Waals surface area contributed by atoms with Gasteiger partial charge in [-0.05, 0) is 25.1 Å². The standard InChI is InChI=1S/C24H29N5O4/c1-3-33-19-9-5-4-8-17(19)22-21(23(30)32-2)18(26-24(31)27-22)16-28-12-14-29(15-13-28)20-10-6-7-11-25-20/h4-11,22H,3,12-16H2,1-2H3,(H2,26,27,31). The summed E-state index contributed by atoms with van der Waals surface area (Å²) in [5.74, 6) is 1.09. The Kier molecular flexibility index (Phi) is 7.09. The maximum absolute atomic E-state index is 12.9. The van der Waals surface area contributed by atoms with Crippen LogP contribution >= 0.6 is 0 Å². The number of nitrogens with zero attached hydrogens (tertiary/aromatic N) is 3. The normalized spacial score (nSPS) is 19.0. The lowest BCUT2D eigenvalue weighted by Crippen LogP contribution is -2.52. The van der Waals surface area contributed by atoms with Crippen molar-refractivity contribution in [2.45, 2.75) is 13.0 Å². The van der Waals surface area contributed by atoms with Crippen LogP contribution in [-0.2, 0) is 9.53 Å². The number of carbonyl (C=O) groups excluding carboxylic acids is 2. The summed E-state index contributed by atoms with van der Waals surface area (Å²) in [6.45, 7) is 5.96. The van der Waals surface area contributed by atoms with Gasteiger partial charge in [-0.3, -0.25) is 4.90 Å². The van der Waals surface area contributed by atoms with Crippen molar-refractivity contribution in [2.75, 3.05) is 51.3 Å². The van der Waals surface area contributed by atoms with Crippen LogP contribution in [0.5, 0.6) is 5.75 Å². The maximum Gasteiger partial charge on any atom is 0.338 e. The summed E-state index contributed by atoms with van der Waals surface area (Å²) >= 11 is 0. The zero-order valence-corrected chi connectivity index (χ0v) is 18.9. The quantitative estimate of drug-likeness (QED) is 0.623. The Morgan fingerprint density at radius 1 is 1.12 bits per heavy atom. The monoisotopic (exact) mass is 451 g/mol. The van der Waals surface area contributed by atoms with E-state index in [1.165, 1.54) is 7.11 Å². The highest BCUT2D eigenvalue weighted by Crippen LogP contribution is 2.34. The predicted molar refractivity (Wildman–Crippen MR) is 124 cm³/mol. The van der Waals surface area contributed by atoms with Crippen LogP contribution < -0.4 is 20.3 Å². The van der Waals surface area contributed by atoms with E-state index in [0.29, 0.717) is 35.7 Å². The molecule has 1 aromatic heterocycles. The number of pyridine rings is 1. The van der Waals surface area contributed by atoms with Crippen molar-refractivity contribution < 1.29 is 19.1 Å². The van der Waals surface area contributed by atoms with E-state index in [0.717, 1.165) is 32.0 Å². The molecule has 1 unspecified atom stereocenters. The van der Waals surface area contributed by atoms with E-state index in [9.17, 15) is 9.59 Å². The average molecular weight is 452 g/mol. The number of piperazine rings is 1. The fourth-order valence-corrected chi connectivity index (χ4v) is 4.23. The molecule has 2 amide bonds. The van der Waals surface area contributed by atoms with Crippen LogP contribution in [-0.4, -0.2) is 68.3 Å². The van der Waals surface area contributed by atoms with E-state index in [2.05, 4.69) is 25.4 Å². The van der Waals surface area contributed by atoms with Crippen LogP contribution in [0.25, 0.3) is 0 Å². The first-order valence-corrected chi connectivity index (χ1v) is 11.1. The molecule has 4 rings (SSSR count). The van der Waals surface area contributed by atoms with Gasteiger partial charge in [0.2, 0.25) is 0 Å². The van der Waals surface area contributed by atoms with Gasteiger partial charge in [0.05, 0.1) is 25.3 Å². The van der Waals surface area contributed by atoms with Gasteiger partial charge in [0.15, 0.2) is 0 Å². The summed E-state index contributed by atoms with van der Waals surface area (Å²) in [7, 11) is 1.35. The Morgan fingerprint density at radius 3 is 2.58 bits per heavy atom. The number of rotatable bonds is 7. The molecular formula is C24H29N5O4. The molecule has 9 heteroatoms. The Labute approximate surface area is 193 Å². The Balaban J connectivity index is 1.58. The van der Waals surface area contributed by atoms with Gasteiger partial charge in [-0.1, -0.05) is 24.3 Å². The number of amides is 2. The SMILES string of the molecule is CCOc1ccccc1C1NC(=O)NC(CN2CCN(c3ccccn3)CC2)=C1C(=O)OC. The third-order valence-electron chi connectivity index (χ3n) is 5.82. The highest BCUT2D eigenvalue weighted by Gasteiger charge is 2.35. The minimum atomic E-state index is -0.668. The maximum atomic E-state index is 12.9. The number of hydrogen-bond donors (Lipinski definition) is 2. The van der Waals surface area contributed by atoms with Crippen LogP contribution in [0.1, 0.15) is 18.5 Å². The lowest BCUT2D eigenvalue weighted by molar-refractivity contribution is -0.136. The van der Waals surface area contributed by atoms with Crippen LogP contribution in [0.15, 0.2) is 59.9 Å². The molecule has 0 saturated carbocycles. The van der Waals surface area contributed by atoms with Crippen molar-refractivity contribution in [1.29, 1.82) is 0 Å². The third-order valence-corrected chi connectivity index (χ3v) is 5.82. The molecule has 174 valence electrons. The van der Waals surface area contributed by atoms with Crippen LogP contribution in [0.4, 0.5) is 10.6 Å². The minimum Gasteiger partial charge on any atom is -0.494 e. The van der Waals surface area contributed by atoms with Crippen molar-refractivity contribution in [2.24, 2.45) is 0 Å². The number of urea groups is 1. The van der Waals surface area contributed by atoms with Crippen molar-refractivity contribution in [1.82, 2.24) is 20.5 Å². The molecule has 3 heterocycles. The van der Waals surface area contributed by atoms with E-state index in [1.54, 1.807) is 6.20 Å². The Morgan fingerprint density at radius 2 is 1.88 bits per heavy atom. The number of hydrogen-bond acceptors (Lipinski definition) is 7. The number of benzene rings is 1. The molecular weight excluding hydrogens is 422 g/mol. The highest BCUT2D eigenvalue weighted by atomic mass is 16.5. The summed E-state index contributed by atoms with van der Waals surface area (Å²) < 4.78 is 10.9. The van der Waals surface area contributed by atoms with Crippen LogP contribution in [0.2, 0.25) is 0 Å². The van der Waals surface area contributed by atoms with Crippen molar-refractivity contribution >= 4 is 17.8 Å². The summed E-state index contributed by atoms with van der Waals surface area (Å²) in [6.07, 6.45) is 1.79. The van der Waals surface area contributed by atoms with Crippen LogP contribution in [0, 0.1) is 0 Å². The van der Waals surface area contributed by atoms with E-state index in [1.807, 2.05) is 49.4 Å². The smallest absolute Gasteiger partial charge is 0.338 e. The first-order chi connectivity index (χ1) is 16.1. The number of nitrogens with one attached hydrogen (secondary N) is 2. The molecule has 9 nitrogen and oxygen atoms in total. The van der Waals surface area contributed by atoms with Crippen molar-refractivity contribution in [3.63, 3.8) is 0 Å².